The predicted molar refractivity (Wildman–Crippen MR) is 62.3 cm³/mol. The number of aliphatic hydroxyl groups is 1. The van der Waals surface area contributed by atoms with E-state index in [1.54, 1.807) is 13.0 Å². The fraction of sp³-hybridized carbons (Fsp3) is 0.333. The maximum atomic E-state index is 13.4. The summed E-state index contributed by atoms with van der Waals surface area (Å²) in [5.41, 5.74) is 0.811. The van der Waals surface area contributed by atoms with E-state index in [1.807, 2.05) is 0 Å². The molecule has 1 aromatic rings. The van der Waals surface area contributed by atoms with Gasteiger partial charge in [-0.3, -0.25) is 14.9 Å². The Kier molecular flexibility index (Phi) is 3.29. The molecule has 1 unspecified atom stereocenters. The van der Waals surface area contributed by atoms with Gasteiger partial charge in [0.2, 0.25) is 11.8 Å². The third kappa shape index (κ3) is 2.33. The van der Waals surface area contributed by atoms with Crippen molar-refractivity contribution in [1.82, 2.24) is 5.32 Å². The highest BCUT2D eigenvalue weighted by Crippen LogP contribution is 2.22. The number of amides is 2. The molecular weight excluding hydrogens is 239 g/mol. The summed E-state index contributed by atoms with van der Waals surface area (Å²) in [6.45, 7) is 1.32. The van der Waals surface area contributed by atoms with Gasteiger partial charge in [-0.15, -0.1) is 0 Å². The minimum atomic E-state index is -0.559. The topological polar surface area (TPSA) is 69.6 Å². The highest BCUT2D eigenvalue weighted by Gasteiger charge is 2.30. The lowest BCUT2D eigenvalue weighted by molar-refractivity contribution is -0.132. The van der Waals surface area contributed by atoms with E-state index < -0.39 is 23.7 Å². The molecule has 1 saturated heterocycles. The molecule has 96 valence electrons. The molecule has 2 rings (SSSR count). The van der Waals surface area contributed by atoms with E-state index in [1.165, 1.54) is 17.0 Å². The number of hydrogen-bond donors (Lipinski definition) is 2. The molecule has 1 aliphatic rings. The van der Waals surface area contributed by atoms with Crippen LogP contribution in [0.4, 0.5) is 10.1 Å². The summed E-state index contributed by atoms with van der Waals surface area (Å²) in [7, 11) is 0. The number of nitrogens with zero attached hydrogens (tertiary/aromatic N) is 1. The number of carbonyl (C=O) groups is 2. The average molecular weight is 252 g/mol. The minimum absolute atomic E-state index is 0.0127. The highest BCUT2D eigenvalue weighted by atomic mass is 19.1. The first-order chi connectivity index (χ1) is 8.51. The third-order valence-corrected chi connectivity index (χ3v) is 2.88. The van der Waals surface area contributed by atoms with Crippen molar-refractivity contribution in [3.05, 3.63) is 29.6 Å². The van der Waals surface area contributed by atoms with Crippen LogP contribution < -0.4 is 10.2 Å². The monoisotopic (exact) mass is 252 g/mol. The zero-order chi connectivity index (χ0) is 13.3. The quantitative estimate of drug-likeness (QED) is 0.736. The lowest BCUT2D eigenvalue weighted by Gasteiger charge is -2.33. The van der Waals surface area contributed by atoms with Crippen LogP contribution >= 0.6 is 0 Å². The molecule has 0 radical (unpaired) electrons. The van der Waals surface area contributed by atoms with Gasteiger partial charge in [0.05, 0.1) is 13.2 Å². The molecule has 2 N–H and O–H groups in total. The number of carbonyl (C=O) groups excluding carboxylic acids is 2. The number of anilines is 1. The summed E-state index contributed by atoms with van der Waals surface area (Å²) in [4.78, 5) is 24.3. The van der Waals surface area contributed by atoms with Gasteiger partial charge in [0.15, 0.2) is 0 Å². The molecule has 0 aliphatic carbocycles. The molecule has 2 amide bonds. The summed E-state index contributed by atoms with van der Waals surface area (Å²) >= 11 is 0. The smallest absolute Gasteiger partial charge is 0.249 e. The van der Waals surface area contributed by atoms with Crippen molar-refractivity contribution >= 4 is 17.5 Å². The predicted octanol–water partition coefficient (Wildman–Crippen LogP) is 0.169. The maximum Gasteiger partial charge on any atom is 0.249 e. The molecule has 1 heterocycles. The van der Waals surface area contributed by atoms with Crippen LogP contribution in [0.1, 0.15) is 12.5 Å². The van der Waals surface area contributed by atoms with E-state index >= 15 is 0 Å². The Morgan fingerprint density at radius 3 is 2.83 bits per heavy atom. The first-order valence-corrected chi connectivity index (χ1v) is 5.52. The third-order valence-electron chi connectivity index (χ3n) is 2.88. The van der Waals surface area contributed by atoms with E-state index in [-0.39, 0.29) is 13.2 Å². The van der Waals surface area contributed by atoms with E-state index in [0.29, 0.717) is 11.3 Å². The molecule has 6 heteroatoms. The summed E-state index contributed by atoms with van der Waals surface area (Å²) < 4.78 is 13.4. The number of benzene rings is 1. The Morgan fingerprint density at radius 2 is 2.17 bits per heavy atom. The number of rotatable bonds is 2. The standard InChI is InChI=1S/C12H13FN2O3/c1-7-12(18)14-11(17)5-15(7)10-3-8(6-16)2-9(13)4-10/h2-4,7,16H,5-6H2,1H3,(H,14,17,18). The van der Waals surface area contributed by atoms with Crippen LogP contribution in [0.15, 0.2) is 18.2 Å². The van der Waals surface area contributed by atoms with Crippen molar-refractivity contribution in [2.45, 2.75) is 19.6 Å². The number of nitrogens with one attached hydrogen (secondary N) is 1. The van der Waals surface area contributed by atoms with E-state index in [0.717, 1.165) is 0 Å². The van der Waals surface area contributed by atoms with Crippen LogP contribution in [-0.2, 0) is 16.2 Å². The van der Waals surface area contributed by atoms with Gasteiger partial charge in [0.25, 0.3) is 0 Å². The van der Waals surface area contributed by atoms with Gasteiger partial charge in [-0.25, -0.2) is 4.39 Å². The van der Waals surface area contributed by atoms with Gasteiger partial charge in [-0.05, 0) is 30.7 Å². The van der Waals surface area contributed by atoms with E-state index in [9.17, 15) is 14.0 Å². The Bertz CT molecular complexity index is 504. The summed E-state index contributed by atoms with van der Waals surface area (Å²) in [5.74, 6) is -1.35. The number of aliphatic hydroxyl groups excluding tert-OH is 1. The van der Waals surface area contributed by atoms with Crippen LogP contribution in [0.2, 0.25) is 0 Å². The fourth-order valence-electron chi connectivity index (χ4n) is 1.92. The second kappa shape index (κ2) is 4.73. The zero-order valence-electron chi connectivity index (χ0n) is 9.81. The van der Waals surface area contributed by atoms with Gasteiger partial charge < -0.3 is 10.0 Å². The first-order valence-electron chi connectivity index (χ1n) is 5.52. The van der Waals surface area contributed by atoms with E-state index in [4.69, 9.17) is 5.11 Å². The molecule has 0 aromatic heterocycles. The first kappa shape index (κ1) is 12.5. The van der Waals surface area contributed by atoms with Crippen LogP contribution in [0.25, 0.3) is 0 Å². The molecule has 0 saturated carbocycles. The van der Waals surface area contributed by atoms with Gasteiger partial charge >= 0.3 is 0 Å². The molecule has 0 bridgehead atoms. The van der Waals surface area contributed by atoms with E-state index in [2.05, 4.69) is 5.32 Å². The van der Waals surface area contributed by atoms with Gasteiger partial charge in [-0.1, -0.05) is 0 Å². The van der Waals surface area contributed by atoms with Crippen molar-refractivity contribution < 1.29 is 19.1 Å². The second-order valence-electron chi connectivity index (χ2n) is 4.19. The molecule has 5 nitrogen and oxygen atoms in total. The van der Waals surface area contributed by atoms with Crippen LogP contribution in [-0.4, -0.2) is 29.5 Å². The molecule has 1 aromatic carbocycles. The average Bonchev–Trinajstić information content (AvgIpc) is 2.32. The zero-order valence-corrected chi connectivity index (χ0v) is 9.81. The van der Waals surface area contributed by atoms with Crippen LogP contribution in [0, 0.1) is 5.82 Å². The van der Waals surface area contributed by atoms with Crippen molar-refractivity contribution in [3.8, 4) is 0 Å². The van der Waals surface area contributed by atoms with Crippen molar-refractivity contribution in [3.63, 3.8) is 0 Å². The summed E-state index contributed by atoms with van der Waals surface area (Å²) in [6, 6.07) is 3.45. The van der Waals surface area contributed by atoms with Gasteiger partial charge in [0, 0.05) is 5.69 Å². The van der Waals surface area contributed by atoms with Crippen LogP contribution in [0.3, 0.4) is 0 Å². The molecule has 1 atom stereocenters. The number of imide groups is 1. The highest BCUT2D eigenvalue weighted by molar-refractivity contribution is 6.04. The minimum Gasteiger partial charge on any atom is -0.392 e. The molecule has 18 heavy (non-hydrogen) atoms. The Morgan fingerprint density at radius 1 is 1.44 bits per heavy atom. The number of halogens is 1. The molecule has 0 spiro atoms. The molecular formula is C12H13FN2O3. The number of hydrogen-bond acceptors (Lipinski definition) is 4. The van der Waals surface area contributed by atoms with Crippen molar-refractivity contribution in [1.29, 1.82) is 0 Å². The SMILES string of the molecule is CC1C(=O)NC(=O)CN1c1cc(F)cc(CO)c1. The second-order valence-corrected chi connectivity index (χ2v) is 4.19. The summed E-state index contributed by atoms with van der Waals surface area (Å²) in [5, 5.41) is 11.2. The van der Waals surface area contributed by atoms with Gasteiger partial charge in [0.1, 0.15) is 11.9 Å². The Labute approximate surface area is 103 Å². The molecule has 1 aliphatic heterocycles. The lowest BCUT2D eigenvalue weighted by Crippen LogP contribution is -2.57. The van der Waals surface area contributed by atoms with Crippen LogP contribution in [0.5, 0.6) is 0 Å². The van der Waals surface area contributed by atoms with Crippen molar-refractivity contribution in [2.24, 2.45) is 0 Å². The van der Waals surface area contributed by atoms with Gasteiger partial charge in [-0.2, -0.15) is 0 Å². The number of piperazine rings is 1. The lowest BCUT2D eigenvalue weighted by atomic mass is 10.1. The largest absolute Gasteiger partial charge is 0.392 e. The summed E-state index contributed by atoms with van der Waals surface area (Å²) in [6.07, 6.45) is 0. The van der Waals surface area contributed by atoms with Crippen molar-refractivity contribution in [2.75, 3.05) is 11.4 Å². The normalized spacial score (nSPS) is 19.9. The Balaban J connectivity index is 2.37. The fourth-order valence-corrected chi connectivity index (χ4v) is 1.92. The Hall–Kier alpha value is -1.95. The molecule has 1 fully saturated rings. The maximum absolute atomic E-state index is 13.4.